The summed E-state index contributed by atoms with van der Waals surface area (Å²) in [6.07, 6.45) is 3.29. The second-order valence-corrected chi connectivity index (χ2v) is 7.93. The predicted molar refractivity (Wildman–Crippen MR) is 115 cm³/mol. The number of rotatable bonds is 6. The summed E-state index contributed by atoms with van der Waals surface area (Å²) in [5, 5.41) is 1.97. The van der Waals surface area contributed by atoms with E-state index in [0.717, 1.165) is 15.6 Å². The lowest BCUT2D eigenvalue weighted by atomic mass is 10.1. The molecule has 9 nitrogen and oxygen atoms in total. The number of carbonyl (C=O) groups is 3. The summed E-state index contributed by atoms with van der Waals surface area (Å²) in [4.78, 5) is 39.3. The van der Waals surface area contributed by atoms with E-state index in [2.05, 4.69) is 0 Å². The van der Waals surface area contributed by atoms with Gasteiger partial charge >= 0.3 is 12.2 Å². The molecule has 2 bridgehead atoms. The molecule has 2 atom stereocenters. The molecule has 0 saturated carbocycles. The molecule has 0 radical (unpaired) electrons. The van der Waals surface area contributed by atoms with Crippen LogP contribution in [0.25, 0.3) is 0 Å². The highest BCUT2D eigenvalue weighted by atomic mass is 16.6. The fourth-order valence-corrected chi connectivity index (χ4v) is 3.34. The normalized spacial score (nSPS) is 21.8. The first-order chi connectivity index (χ1) is 15.2. The number of ketones is 1. The van der Waals surface area contributed by atoms with Crippen LogP contribution in [0.5, 0.6) is 5.75 Å². The van der Waals surface area contributed by atoms with Crippen molar-refractivity contribution in [1.82, 2.24) is 10.0 Å². The second kappa shape index (κ2) is 9.44. The van der Waals surface area contributed by atoms with Gasteiger partial charge in [0.2, 0.25) is 11.5 Å². The Morgan fingerprint density at radius 3 is 2.22 bits per heavy atom. The topological polar surface area (TPSA) is 94.6 Å². The number of amides is 2. The second-order valence-electron chi connectivity index (χ2n) is 7.93. The van der Waals surface area contributed by atoms with Gasteiger partial charge < -0.3 is 18.9 Å². The van der Waals surface area contributed by atoms with Crippen LogP contribution in [0.1, 0.15) is 33.3 Å². The van der Waals surface area contributed by atoms with Gasteiger partial charge in [0.25, 0.3) is 0 Å². The molecule has 2 aliphatic heterocycles. The van der Waals surface area contributed by atoms with Crippen molar-refractivity contribution in [2.24, 2.45) is 0 Å². The lowest BCUT2D eigenvalue weighted by Crippen LogP contribution is -2.68. The van der Waals surface area contributed by atoms with Crippen molar-refractivity contribution in [3.8, 4) is 5.75 Å². The van der Waals surface area contributed by atoms with Crippen LogP contribution in [0.3, 0.4) is 0 Å². The molecule has 32 heavy (non-hydrogen) atoms. The van der Waals surface area contributed by atoms with E-state index in [4.69, 9.17) is 18.9 Å². The largest absolute Gasteiger partial charge is 0.497 e. The van der Waals surface area contributed by atoms with Crippen LogP contribution in [0.15, 0.2) is 48.6 Å². The Kier molecular flexibility index (Phi) is 6.88. The lowest BCUT2D eigenvalue weighted by Gasteiger charge is -2.47. The molecule has 0 unspecified atom stereocenters. The predicted octanol–water partition coefficient (Wildman–Crippen LogP) is 3.59. The first-order valence-corrected chi connectivity index (χ1v) is 10.4. The maximum atomic E-state index is 13.2. The van der Waals surface area contributed by atoms with Crippen molar-refractivity contribution in [2.75, 3.05) is 7.11 Å². The van der Waals surface area contributed by atoms with Crippen LogP contribution in [0, 0.1) is 0 Å². The van der Waals surface area contributed by atoms with Crippen LogP contribution >= 0.6 is 0 Å². The quantitative estimate of drug-likeness (QED) is 0.619. The molecular weight excluding hydrogens is 416 g/mol. The van der Waals surface area contributed by atoms with Crippen LogP contribution in [-0.4, -0.2) is 59.1 Å². The zero-order chi connectivity index (χ0) is 23.5. The highest BCUT2D eigenvalue weighted by molar-refractivity contribution is 6.02. The first kappa shape index (κ1) is 23.3. The van der Waals surface area contributed by atoms with Crippen LogP contribution < -0.4 is 4.74 Å². The zero-order valence-corrected chi connectivity index (χ0v) is 18.8. The number of methoxy groups -OCH3 is 1. The molecule has 0 spiro atoms. The number of hydrogen-bond acceptors (Lipinski definition) is 7. The van der Waals surface area contributed by atoms with Gasteiger partial charge in [0.1, 0.15) is 5.75 Å². The monoisotopic (exact) mass is 444 g/mol. The molecule has 9 heteroatoms. The summed E-state index contributed by atoms with van der Waals surface area (Å²) in [5.41, 5.74) is -1.17. The third-order valence-electron chi connectivity index (χ3n) is 4.78. The fourth-order valence-electron chi connectivity index (χ4n) is 3.34. The average Bonchev–Trinajstić information content (AvgIpc) is 2.97. The van der Waals surface area contributed by atoms with E-state index in [0.29, 0.717) is 5.75 Å². The van der Waals surface area contributed by atoms with E-state index in [1.165, 1.54) is 18.2 Å². The summed E-state index contributed by atoms with van der Waals surface area (Å²) >= 11 is 0. The summed E-state index contributed by atoms with van der Waals surface area (Å²) < 4.78 is 21.9. The van der Waals surface area contributed by atoms with E-state index >= 15 is 0 Å². The van der Waals surface area contributed by atoms with Gasteiger partial charge in [0.05, 0.1) is 32.0 Å². The Hall–Kier alpha value is -3.33. The Balaban J connectivity index is 2.01. The molecule has 1 aliphatic carbocycles. The van der Waals surface area contributed by atoms with Gasteiger partial charge in [-0.3, -0.25) is 4.79 Å². The van der Waals surface area contributed by atoms with E-state index in [-0.39, 0.29) is 6.61 Å². The van der Waals surface area contributed by atoms with E-state index in [1.54, 1.807) is 65.1 Å². The minimum atomic E-state index is -1.91. The number of hydrazine groups is 1. The number of carbonyl (C=O) groups excluding carboxylic acids is 3. The Morgan fingerprint density at radius 1 is 1.00 bits per heavy atom. The third-order valence-corrected chi connectivity index (χ3v) is 4.78. The molecular formula is C23H28N2O7. The van der Waals surface area contributed by atoms with Gasteiger partial charge in [-0.15, -0.1) is 0 Å². The smallest absolute Gasteiger partial charge is 0.432 e. The summed E-state index contributed by atoms with van der Waals surface area (Å²) in [6, 6.07) is 6.36. The third kappa shape index (κ3) is 4.62. The lowest BCUT2D eigenvalue weighted by molar-refractivity contribution is -0.198. The average molecular weight is 444 g/mol. The van der Waals surface area contributed by atoms with Gasteiger partial charge in [-0.1, -0.05) is 24.3 Å². The summed E-state index contributed by atoms with van der Waals surface area (Å²) in [7, 11) is 1.56. The van der Waals surface area contributed by atoms with Crippen molar-refractivity contribution in [2.45, 2.75) is 58.3 Å². The van der Waals surface area contributed by atoms with E-state index in [1.807, 2.05) is 0 Å². The molecule has 2 heterocycles. The van der Waals surface area contributed by atoms with Crippen LogP contribution in [-0.2, 0) is 25.6 Å². The molecule has 4 rings (SSSR count). The van der Waals surface area contributed by atoms with Crippen molar-refractivity contribution in [3.05, 3.63) is 54.1 Å². The number of nitrogens with zero attached hydrogens (tertiary/aromatic N) is 2. The highest BCUT2D eigenvalue weighted by Crippen LogP contribution is 2.35. The molecule has 3 aliphatic rings. The molecule has 0 fully saturated rings. The van der Waals surface area contributed by atoms with E-state index < -0.39 is 41.9 Å². The number of benzene rings is 1. The van der Waals surface area contributed by atoms with Gasteiger partial charge in [0.15, 0.2) is 0 Å². The maximum Gasteiger partial charge on any atom is 0.432 e. The molecule has 172 valence electrons. The maximum absolute atomic E-state index is 13.2. The van der Waals surface area contributed by atoms with E-state index in [9.17, 15) is 14.4 Å². The van der Waals surface area contributed by atoms with Crippen molar-refractivity contribution in [1.29, 1.82) is 0 Å². The molecule has 0 N–H and O–H groups in total. The minimum Gasteiger partial charge on any atom is -0.497 e. The fraction of sp³-hybridized carbons (Fsp3) is 0.435. The van der Waals surface area contributed by atoms with Gasteiger partial charge in [-0.05, 0) is 57.5 Å². The first-order valence-electron chi connectivity index (χ1n) is 10.4. The molecule has 1 aromatic rings. The molecule has 0 saturated heterocycles. The van der Waals surface area contributed by atoms with Gasteiger partial charge in [0, 0.05) is 0 Å². The number of hydrogen-bond donors (Lipinski definition) is 0. The summed E-state index contributed by atoms with van der Waals surface area (Å²) in [6.45, 7) is 6.71. The Bertz CT molecular complexity index is 923. The van der Waals surface area contributed by atoms with Gasteiger partial charge in [-0.25, -0.2) is 9.59 Å². The van der Waals surface area contributed by atoms with Crippen LogP contribution in [0.2, 0.25) is 0 Å². The standard InChI is InChI=1S/C23H28N2O7/c1-15(2)31-21(27)24-18-8-11-20(26)23(13-12-18,25(24)22(28)32-16(3)4)30-14-17-6-9-19(29-5)10-7-17/h6-13,15-16,18H,14H2,1-5H3/t18-,23+/m0/s1. The zero-order valence-electron chi connectivity index (χ0n) is 18.8. The van der Waals surface area contributed by atoms with Crippen molar-refractivity contribution in [3.63, 3.8) is 0 Å². The van der Waals surface area contributed by atoms with Crippen LogP contribution in [0.4, 0.5) is 9.59 Å². The van der Waals surface area contributed by atoms with Crippen molar-refractivity contribution >= 4 is 18.0 Å². The molecule has 2 amide bonds. The van der Waals surface area contributed by atoms with Crippen molar-refractivity contribution < 1.29 is 33.3 Å². The number of fused-ring (bicyclic) bond motifs is 2. The Labute approximate surface area is 187 Å². The summed E-state index contributed by atoms with van der Waals surface area (Å²) in [5.74, 6) is 0.149. The Morgan fingerprint density at radius 2 is 1.62 bits per heavy atom. The SMILES string of the molecule is COc1ccc(CO[C@]23C=C[C@H](C=CC2=O)N(C(=O)OC(C)C)N3C(=O)OC(C)C)cc1. The minimum absolute atomic E-state index is 0.0168. The number of ether oxygens (including phenoxy) is 4. The molecule has 0 aromatic heterocycles. The highest BCUT2D eigenvalue weighted by Gasteiger charge is 2.56. The van der Waals surface area contributed by atoms with Gasteiger partial charge in [-0.2, -0.15) is 10.0 Å². The molecule has 1 aromatic carbocycles.